The van der Waals surface area contributed by atoms with E-state index in [1.54, 1.807) is 6.92 Å². The summed E-state index contributed by atoms with van der Waals surface area (Å²) in [4.78, 5) is 21.0. The number of nitrogens with zero attached hydrogens (tertiary/aromatic N) is 3. The molecule has 2 heterocycles. The second-order valence-electron chi connectivity index (χ2n) is 8.73. The van der Waals surface area contributed by atoms with E-state index >= 15 is 0 Å². The summed E-state index contributed by atoms with van der Waals surface area (Å²) in [7, 11) is 0. The van der Waals surface area contributed by atoms with Gasteiger partial charge in [0.1, 0.15) is 0 Å². The number of carbonyl (C=O) groups is 1. The number of benzene rings is 1. The molecule has 3 aliphatic rings. The molecule has 29 heavy (non-hydrogen) atoms. The van der Waals surface area contributed by atoms with Crippen LogP contribution in [0.5, 0.6) is 0 Å². The number of aliphatic imine (C=N–C) groups is 1. The zero-order valence-corrected chi connectivity index (χ0v) is 20.2. The smallest absolute Gasteiger partial charge is 0.219 e. The molecule has 2 aliphatic heterocycles. The van der Waals surface area contributed by atoms with Crippen molar-refractivity contribution in [3.8, 4) is 0 Å². The lowest BCUT2D eigenvalue weighted by atomic mass is 9.81. The van der Waals surface area contributed by atoms with E-state index in [9.17, 15) is 4.79 Å². The monoisotopic (exact) mass is 510 g/mol. The fourth-order valence-corrected chi connectivity index (χ4v) is 5.34. The van der Waals surface area contributed by atoms with Gasteiger partial charge in [-0.25, -0.2) is 0 Å². The van der Waals surface area contributed by atoms with E-state index in [0.29, 0.717) is 11.3 Å². The number of amides is 1. The van der Waals surface area contributed by atoms with Gasteiger partial charge in [0.25, 0.3) is 0 Å². The summed E-state index contributed by atoms with van der Waals surface area (Å²) < 4.78 is 0. The highest BCUT2D eigenvalue weighted by atomic mass is 127. The maximum atomic E-state index is 11.6. The van der Waals surface area contributed by atoms with Gasteiger partial charge in [0.2, 0.25) is 5.91 Å². The second kappa shape index (κ2) is 9.67. The average molecular weight is 510 g/mol. The predicted octanol–water partition coefficient (Wildman–Crippen LogP) is 4.16. The predicted molar refractivity (Wildman–Crippen MR) is 130 cm³/mol. The molecular formula is C23H35IN4O. The number of halogens is 1. The van der Waals surface area contributed by atoms with Crippen LogP contribution in [0.2, 0.25) is 0 Å². The molecule has 0 atom stereocenters. The van der Waals surface area contributed by atoms with Crippen LogP contribution in [0.25, 0.3) is 0 Å². The number of hydrogen-bond acceptors (Lipinski definition) is 2. The van der Waals surface area contributed by atoms with E-state index < -0.39 is 0 Å². The average Bonchev–Trinajstić information content (AvgIpc) is 3.32. The lowest BCUT2D eigenvalue weighted by Gasteiger charge is -2.31. The summed E-state index contributed by atoms with van der Waals surface area (Å²) in [6.45, 7) is 8.36. The number of anilines is 1. The van der Waals surface area contributed by atoms with Crippen molar-refractivity contribution in [1.82, 2.24) is 10.2 Å². The van der Waals surface area contributed by atoms with Crippen molar-refractivity contribution >= 4 is 41.5 Å². The highest BCUT2D eigenvalue weighted by Crippen LogP contribution is 2.50. The Morgan fingerprint density at radius 1 is 1.21 bits per heavy atom. The Labute approximate surface area is 192 Å². The van der Waals surface area contributed by atoms with Crippen LogP contribution in [0.3, 0.4) is 0 Å². The van der Waals surface area contributed by atoms with Gasteiger partial charge in [0.05, 0.1) is 0 Å². The molecular weight excluding hydrogens is 475 g/mol. The van der Waals surface area contributed by atoms with Crippen LogP contribution in [-0.4, -0.2) is 49.5 Å². The fraction of sp³-hybridized carbons (Fsp3) is 0.652. The van der Waals surface area contributed by atoms with E-state index in [4.69, 9.17) is 4.99 Å². The van der Waals surface area contributed by atoms with Gasteiger partial charge in [0, 0.05) is 50.7 Å². The Morgan fingerprint density at radius 2 is 1.90 bits per heavy atom. The number of nitrogens with one attached hydrogen (secondary N) is 1. The van der Waals surface area contributed by atoms with Gasteiger partial charge in [-0.3, -0.25) is 9.79 Å². The summed E-state index contributed by atoms with van der Waals surface area (Å²) in [5, 5.41) is 3.55. The fourth-order valence-electron chi connectivity index (χ4n) is 5.34. The zero-order valence-electron chi connectivity index (χ0n) is 17.8. The topological polar surface area (TPSA) is 47.9 Å². The molecule has 1 saturated carbocycles. The second-order valence-corrected chi connectivity index (χ2v) is 8.73. The molecule has 0 unspecified atom stereocenters. The zero-order chi connectivity index (χ0) is 19.6. The Kier molecular flexibility index (Phi) is 7.46. The molecule has 5 nitrogen and oxygen atoms in total. The molecule has 0 bridgehead atoms. The van der Waals surface area contributed by atoms with Crippen LogP contribution in [0.4, 0.5) is 5.69 Å². The standard InChI is InChI=1S/C23H34N4O.HI/c1-3-24-22(25-16-19-10-14-26(15-11-19)18(2)28)27-17-23(12-6-7-13-23)20-8-4-5-9-21(20)27;/h4-5,8-9,19H,3,6-7,10-17H2,1-2H3,(H,24,25);1H. The van der Waals surface area contributed by atoms with Gasteiger partial charge in [-0.05, 0) is 50.2 Å². The maximum Gasteiger partial charge on any atom is 0.219 e. The van der Waals surface area contributed by atoms with Crippen LogP contribution >= 0.6 is 24.0 Å². The number of para-hydroxylation sites is 1. The van der Waals surface area contributed by atoms with Gasteiger partial charge < -0.3 is 15.1 Å². The van der Waals surface area contributed by atoms with Crippen LogP contribution in [0.1, 0.15) is 57.9 Å². The third-order valence-corrected chi connectivity index (χ3v) is 6.94. The molecule has 1 amide bonds. The van der Waals surface area contributed by atoms with Gasteiger partial charge in [-0.2, -0.15) is 0 Å². The quantitative estimate of drug-likeness (QED) is 0.378. The number of likely N-dealkylation sites (tertiary alicyclic amines) is 1. The number of carbonyl (C=O) groups excluding carboxylic acids is 1. The van der Waals surface area contributed by atoms with Gasteiger partial charge in [0.15, 0.2) is 5.96 Å². The van der Waals surface area contributed by atoms with E-state index in [2.05, 4.69) is 41.4 Å². The minimum atomic E-state index is 0. The number of hydrogen-bond donors (Lipinski definition) is 1. The minimum Gasteiger partial charge on any atom is -0.356 e. The van der Waals surface area contributed by atoms with Gasteiger partial charge in [-0.1, -0.05) is 31.0 Å². The molecule has 1 aromatic rings. The molecule has 160 valence electrons. The van der Waals surface area contributed by atoms with Crippen LogP contribution in [0.15, 0.2) is 29.3 Å². The van der Waals surface area contributed by atoms with E-state index in [0.717, 1.165) is 51.5 Å². The summed E-state index contributed by atoms with van der Waals surface area (Å²) in [5.41, 5.74) is 3.18. The molecule has 1 aliphatic carbocycles. The van der Waals surface area contributed by atoms with E-state index in [1.165, 1.54) is 36.9 Å². The van der Waals surface area contributed by atoms with Crippen LogP contribution < -0.4 is 10.2 Å². The minimum absolute atomic E-state index is 0. The third-order valence-electron chi connectivity index (χ3n) is 6.94. The number of fused-ring (bicyclic) bond motifs is 2. The first-order valence-electron chi connectivity index (χ1n) is 11.0. The van der Waals surface area contributed by atoms with E-state index in [-0.39, 0.29) is 29.9 Å². The molecule has 0 radical (unpaired) electrons. The molecule has 2 fully saturated rings. The highest BCUT2D eigenvalue weighted by molar-refractivity contribution is 14.0. The summed E-state index contributed by atoms with van der Waals surface area (Å²) in [6, 6.07) is 8.94. The molecule has 0 aromatic heterocycles. The molecule has 4 rings (SSSR count). The third kappa shape index (κ3) is 4.57. The van der Waals surface area contributed by atoms with Crippen molar-refractivity contribution in [3.05, 3.63) is 29.8 Å². The van der Waals surface area contributed by atoms with Crippen molar-refractivity contribution in [3.63, 3.8) is 0 Å². The molecule has 1 aromatic carbocycles. The highest BCUT2D eigenvalue weighted by Gasteiger charge is 2.45. The number of rotatable bonds is 3. The van der Waals surface area contributed by atoms with Crippen molar-refractivity contribution in [2.24, 2.45) is 10.9 Å². The van der Waals surface area contributed by atoms with E-state index in [1.807, 2.05) is 4.90 Å². The van der Waals surface area contributed by atoms with Crippen LogP contribution in [-0.2, 0) is 10.2 Å². The van der Waals surface area contributed by atoms with Crippen molar-refractivity contribution in [2.45, 2.75) is 57.8 Å². The molecule has 1 saturated heterocycles. The lowest BCUT2D eigenvalue weighted by molar-refractivity contribution is -0.130. The van der Waals surface area contributed by atoms with Crippen molar-refractivity contribution in [1.29, 1.82) is 0 Å². The normalized spacial score (nSPS) is 21.2. The molecule has 1 N–H and O–H groups in total. The van der Waals surface area contributed by atoms with Gasteiger partial charge >= 0.3 is 0 Å². The Hall–Kier alpha value is -1.31. The largest absolute Gasteiger partial charge is 0.356 e. The first-order valence-corrected chi connectivity index (χ1v) is 11.0. The first kappa shape index (κ1) is 22.4. The summed E-state index contributed by atoms with van der Waals surface area (Å²) >= 11 is 0. The number of guanidine groups is 1. The molecule has 6 heteroatoms. The Morgan fingerprint density at radius 3 is 2.55 bits per heavy atom. The van der Waals surface area contributed by atoms with Crippen molar-refractivity contribution in [2.75, 3.05) is 37.6 Å². The van der Waals surface area contributed by atoms with Gasteiger partial charge in [-0.15, -0.1) is 24.0 Å². The number of piperidine rings is 1. The summed E-state index contributed by atoms with van der Waals surface area (Å²) in [6.07, 6.45) is 7.38. The Bertz CT molecular complexity index is 736. The lowest BCUT2D eigenvalue weighted by Crippen LogP contribution is -2.44. The van der Waals surface area contributed by atoms with Crippen LogP contribution in [0, 0.1) is 5.92 Å². The SMILES string of the molecule is CCNC(=NCC1CCN(C(C)=O)CC1)N1CC2(CCCC2)c2ccccc21.I. The first-order chi connectivity index (χ1) is 13.6. The summed E-state index contributed by atoms with van der Waals surface area (Å²) in [5.74, 6) is 1.81. The molecule has 1 spiro atoms. The Balaban J connectivity index is 0.00000240. The van der Waals surface area contributed by atoms with Crippen molar-refractivity contribution < 1.29 is 4.79 Å². The maximum absolute atomic E-state index is 11.6.